The fourth-order valence-corrected chi connectivity index (χ4v) is 5.05. The Morgan fingerprint density at radius 1 is 0.974 bits per heavy atom. The molecule has 39 heavy (non-hydrogen) atoms. The van der Waals surface area contributed by atoms with E-state index in [4.69, 9.17) is 14.2 Å². The maximum atomic E-state index is 13.9. The van der Waals surface area contributed by atoms with Crippen LogP contribution in [0, 0.1) is 0 Å². The summed E-state index contributed by atoms with van der Waals surface area (Å²) >= 11 is 0. The lowest BCUT2D eigenvalue weighted by molar-refractivity contribution is 0.0971. The molecule has 1 N–H and O–H groups in total. The number of anilines is 2. The van der Waals surface area contributed by atoms with Gasteiger partial charge in [-0.1, -0.05) is 48.5 Å². The van der Waals surface area contributed by atoms with Gasteiger partial charge in [-0.15, -0.1) is 0 Å². The first-order valence-electron chi connectivity index (χ1n) is 13.1. The fraction of sp³-hybridized carbons (Fsp3) is 0.300. The highest BCUT2D eigenvalue weighted by Crippen LogP contribution is 2.39. The van der Waals surface area contributed by atoms with E-state index in [1.807, 2.05) is 61.5 Å². The highest BCUT2D eigenvalue weighted by molar-refractivity contribution is 6.08. The van der Waals surface area contributed by atoms with E-state index in [1.54, 1.807) is 30.0 Å². The van der Waals surface area contributed by atoms with Gasteiger partial charge in [0.25, 0.3) is 5.91 Å². The molecule has 5 rings (SSSR count). The van der Waals surface area contributed by atoms with E-state index in [0.717, 1.165) is 11.1 Å². The van der Waals surface area contributed by atoms with Crippen molar-refractivity contribution in [2.45, 2.75) is 39.0 Å². The quantitative estimate of drug-likeness (QED) is 0.472. The van der Waals surface area contributed by atoms with Gasteiger partial charge in [0.1, 0.15) is 19.0 Å². The molecule has 0 radical (unpaired) electrons. The summed E-state index contributed by atoms with van der Waals surface area (Å²) in [5.41, 5.74) is 3.37. The van der Waals surface area contributed by atoms with Crippen LogP contribution in [0.1, 0.15) is 47.8 Å². The van der Waals surface area contributed by atoms with Gasteiger partial charge in [0.15, 0.2) is 0 Å². The Hall–Kier alpha value is -4.53. The lowest BCUT2D eigenvalue weighted by atomic mass is 9.91. The van der Waals surface area contributed by atoms with Gasteiger partial charge >= 0.3 is 12.2 Å². The van der Waals surface area contributed by atoms with Crippen LogP contribution in [0.25, 0.3) is 0 Å². The lowest BCUT2D eigenvalue weighted by Crippen LogP contribution is -2.46. The third-order valence-corrected chi connectivity index (χ3v) is 6.87. The van der Waals surface area contributed by atoms with Gasteiger partial charge in [-0.2, -0.15) is 0 Å². The van der Waals surface area contributed by atoms with Gasteiger partial charge in [0.05, 0.1) is 24.9 Å². The smallest absolute Gasteiger partial charge is 0.414 e. The maximum Gasteiger partial charge on any atom is 0.414 e. The number of alkyl carbamates (subject to hydrolysis) is 1. The second kappa shape index (κ2) is 11.5. The molecule has 0 fully saturated rings. The molecule has 3 aromatic carbocycles. The Kier molecular flexibility index (Phi) is 7.67. The van der Waals surface area contributed by atoms with E-state index in [-0.39, 0.29) is 31.2 Å². The van der Waals surface area contributed by atoms with Gasteiger partial charge < -0.3 is 24.4 Å². The Bertz CT molecular complexity index is 1360. The van der Waals surface area contributed by atoms with E-state index < -0.39 is 12.2 Å². The minimum absolute atomic E-state index is 0.173. The van der Waals surface area contributed by atoms with Crippen LogP contribution in [-0.2, 0) is 16.1 Å². The number of hydrogen-bond donors (Lipinski definition) is 1. The van der Waals surface area contributed by atoms with Crippen LogP contribution >= 0.6 is 0 Å². The summed E-state index contributed by atoms with van der Waals surface area (Å²) in [6.07, 6.45) is -0.484. The van der Waals surface area contributed by atoms with Crippen LogP contribution in [-0.4, -0.2) is 43.9 Å². The molecule has 2 atom stereocenters. The first kappa shape index (κ1) is 26.1. The van der Waals surface area contributed by atoms with E-state index in [2.05, 4.69) is 5.32 Å². The molecule has 0 spiro atoms. The number of benzene rings is 3. The number of para-hydroxylation sites is 1. The number of nitrogens with one attached hydrogen (secondary N) is 1. The van der Waals surface area contributed by atoms with Crippen LogP contribution < -0.4 is 19.9 Å². The number of rotatable bonds is 5. The summed E-state index contributed by atoms with van der Waals surface area (Å²) in [6.45, 7) is 4.80. The monoisotopic (exact) mass is 529 g/mol. The van der Waals surface area contributed by atoms with Gasteiger partial charge in [-0.25, -0.2) is 9.59 Å². The standard InChI is InChI=1S/C30H31N3O6/c1-3-37-30(36)32-15-16-38-27-14-13-22(18-26(27)32)28(34)33-20(2)17-24(23-11-7-8-12-25(23)33)31-29(35)39-19-21-9-5-4-6-10-21/h4-14,18,20,24H,3,15-17,19H2,1-2H3,(H,31,35)/t20-,24+/m0/s1. The fourth-order valence-electron chi connectivity index (χ4n) is 5.05. The van der Waals surface area contributed by atoms with Gasteiger partial charge in [-0.3, -0.25) is 9.69 Å². The van der Waals surface area contributed by atoms with Crippen LogP contribution in [0.3, 0.4) is 0 Å². The summed E-state index contributed by atoms with van der Waals surface area (Å²) in [4.78, 5) is 42.3. The van der Waals surface area contributed by atoms with Crippen molar-refractivity contribution >= 4 is 29.5 Å². The molecule has 0 saturated heterocycles. The van der Waals surface area contributed by atoms with Crippen LogP contribution in [0.2, 0.25) is 0 Å². The molecule has 9 nitrogen and oxygen atoms in total. The van der Waals surface area contributed by atoms with Crippen LogP contribution in [0.15, 0.2) is 72.8 Å². The van der Waals surface area contributed by atoms with Crippen LogP contribution in [0.5, 0.6) is 5.75 Å². The number of carbonyl (C=O) groups is 3. The molecule has 2 aliphatic heterocycles. The van der Waals surface area contributed by atoms with Crippen molar-refractivity contribution in [3.05, 3.63) is 89.5 Å². The van der Waals surface area contributed by atoms with E-state index >= 15 is 0 Å². The van der Waals surface area contributed by atoms with Crippen molar-refractivity contribution in [2.75, 3.05) is 29.6 Å². The molecule has 0 saturated carbocycles. The average molecular weight is 530 g/mol. The normalized spacial score (nSPS) is 17.8. The minimum Gasteiger partial charge on any atom is -0.490 e. The third-order valence-electron chi connectivity index (χ3n) is 6.87. The molecule has 3 aromatic rings. The summed E-state index contributed by atoms with van der Waals surface area (Å²) < 4.78 is 16.3. The summed E-state index contributed by atoms with van der Waals surface area (Å²) in [5.74, 6) is 0.313. The molecular weight excluding hydrogens is 498 g/mol. The summed E-state index contributed by atoms with van der Waals surface area (Å²) in [6, 6.07) is 21.6. The Morgan fingerprint density at radius 2 is 1.74 bits per heavy atom. The third kappa shape index (κ3) is 5.52. The second-order valence-corrected chi connectivity index (χ2v) is 9.46. The second-order valence-electron chi connectivity index (χ2n) is 9.46. The number of ether oxygens (including phenoxy) is 3. The molecule has 0 aromatic heterocycles. The molecule has 2 heterocycles. The van der Waals surface area contributed by atoms with Crippen molar-refractivity contribution in [3.8, 4) is 5.75 Å². The van der Waals surface area contributed by atoms with Crippen molar-refractivity contribution in [1.82, 2.24) is 5.32 Å². The SMILES string of the molecule is CCOC(=O)N1CCOc2ccc(C(=O)N3c4ccccc4[C@H](NC(=O)OCc4ccccc4)C[C@@H]3C)cc21. The number of hydrogen-bond acceptors (Lipinski definition) is 6. The highest BCUT2D eigenvalue weighted by atomic mass is 16.6. The van der Waals surface area contributed by atoms with Crippen molar-refractivity contribution in [2.24, 2.45) is 0 Å². The van der Waals surface area contributed by atoms with Crippen LogP contribution in [0.4, 0.5) is 21.0 Å². The molecule has 0 unspecified atom stereocenters. The molecule has 0 aliphatic carbocycles. The highest BCUT2D eigenvalue weighted by Gasteiger charge is 2.36. The van der Waals surface area contributed by atoms with E-state index in [9.17, 15) is 14.4 Å². The summed E-state index contributed by atoms with van der Waals surface area (Å²) in [5, 5.41) is 2.97. The zero-order valence-corrected chi connectivity index (χ0v) is 22.0. The molecule has 3 amide bonds. The average Bonchev–Trinajstić information content (AvgIpc) is 2.96. The zero-order valence-electron chi connectivity index (χ0n) is 22.0. The first-order valence-corrected chi connectivity index (χ1v) is 13.1. The number of amides is 3. The predicted octanol–water partition coefficient (Wildman–Crippen LogP) is 5.45. The van der Waals surface area contributed by atoms with E-state index in [1.165, 1.54) is 4.90 Å². The van der Waals surface area contributed by atoms with Crippen molar-refractivity contribution in [3.63, 3.8) is 0 Å². The molecule has 0 bridgehead atoms. The largest absolute Gasteiger partial charge is 0.490 e. The van der Waals surface area contributed by atoms with E-state index in [0.29, 0.717) is 42.3 Å². The molecular formula is C30H31N3O6. The maximum absolute atomic E-state index is 13.9. The predicted molar refractivity (Wildman–Crippen MR) is 146 cm³/mol. The van der Waals surface area contributed by atoms with Gasteiger partial charge in [-0.05, 0) is 55.7 Å². The Morgan fingerprint density at radius 3 is 2.54 bits per heavy atom. The number of nitrogens with zero attached hydrogens (tertiary/aromatic N) is 2. The topological polar surface area (TPSA) is 97.4 Å². The molecule has 2 aliphatic rings. The number of fused-ring (bicyclic) bond motifs is 2. The first-order chi connectivity index (χ1) is 19.0. The Labute approximate surface area is 227 Å². The lowest BCUT2D eigenvalue weighted by Gasteiger charge is -2.39. The molecule has 202 valence electrons. The molecule has 9 heteroatoms. The van der Waals surface area contributed by atoms with Crippen molar-refractivity contribution < 1.29 is 28.6 Å². The minimum atomic E-state index is -0.514. The zero-order chi connectivity index (χ0) is 27.4. The Balaban J connectivity index is 1.36. The van der Waals surface area contributed by atoms with Gasteiger partial charge in [0, 0.05) is 17.3 Å². The summed E-state index contributed by atoms with van der Waals surface area (Å²) in [7, 11) is 0. The van der Waals surface area contributed by atoms with Crippen molar-refractivity contribution in [1.29, 1.82) is 0 Å². The number of carbonyl (C=O) groups excluding carboxylic acids is 3. The van der Waals surface area contributed by atoms with Gasteiger partial charge in [0.2, 0.25) is 0 Å².